The maximum atomic E-state index is 12.4. The summed E-state index contributed by atoms with van der Waals surface area (Å²) in [7, 11) is -2.55. The highest BCUT2D eigenvalue weighted by atomic mass is 32.2. The highest BCUT2D eigenvalue weighted by Crippen LogP contribution is 2.20. The molecule has 7 heteroatoms. The molecule has 0 atom stereocenters. The summed E-state index contributed by atoms with van der Waals surface area (Å²) < 4.78 is 31.8. The van der Waals surface area contributed by atoms with E-state index in [1.54, 1.807) is 13.0 Å². The fourth-order valence-corrected chi connectivity index (χ4v) is 3.09. The average Bonchev–Trinajstić information content (AvgIpc) is 2.47. The van der Waals surface area contributed by atoms with Gasteiger partial charge in [-0.2, -0.15) is 0 Å². The first-order valence-corrected chi connectivity index (χ1v) is 7.54. The van der Waals surface area contributed by atoms with Crippen molar-refractivity contribution in [3.63, 3.8) is 0 Å². The van der Waals surface area contributed by atoms with Crippen molar-refractivity contribution in [1.29, 1.82) is 0 Å². The number of hydrogen-bond acceptors (Lipinski definition) is 5. The van der Waals surface area contributed by atoms with E-state index in [1.807, 2.05) is 0 Å². The topological polar surface area (TPSA) is 85.4 Å². The fourth-order valence-electron chi connectivity index (χ4n) is 1.76. The van der Waals surface area contributed by atoms with E-state index in [0.29, 0.717) is 11.3 Å². The highest BCUT2D eigenvalue weighted by molar-refractivity contribution is 7.92. The molecular weight excluding hydrogens is 292 g/mol. The summed E-state index contributed by atoms with van der Waals surface area (Å²) in [6, 6.07) is 7.46. The van der Waals surface area contributed by atoms with Crippen LogP contribution in [0.2, 0.25) is 0 Å². The Hall–Kier alpha value is -2.41. The largest absolute Gasteiger partial charge is 0.465 e. The van der Waals surface area contributed by atoms with Gasteiger partial charge >= 0.3 is 5.97 Å². The first-order chi connectivity index (χ1) is 9.94. The normalized spacial score (nSPS) is 11.0. The first kappa shape index (κ1) is 15.0. The van der Waals surface area contributed by atoms with Gasteiger partial charge < -0.3 is 4.74 Å². The minimum atomic E-state index is -3.79. The van der Waals surface area contributed by atoms with Gasteiger partial charge in [-0.25, -0.2) is 13.2 Å². The molecule has 0 fully saturated rings. The van der Waals surface area contributed by atoms with E-state index in [9.17, 15) is 13.2 Å². The Morgan fingerprint density at radius 1 is 1.19 bits per heavy atom. The van der Waals surface area contributed by atoms with Crippen LogP contribution < -0.4 is 4.72 Å². The monoisotopic (exact) mass is 306 g/mol. The number of nitrogens with zero attached hydrogens (tertiary/aromatic N) is 1. The van der Waals surface area contributed by atoms with Crippen LogP contribution in [0.3, 0.4) is 0 Å². The molecule has 0 saturated heterocycles. The predicted molar refractivity (Wildman–Crippen MR) is 77.6 cm³/mol. The number of aromatic nitrogens is 1. The number of benzene rings is 1. The second-order valence-electron chi connectivity index (χ2n) is 4.31. The zero-order chi connectivity index (χ0) is 15.5. The SMILES string of the molecule is COC(=O)c1ccc(C)c(S(=O)(=O)Nc2ccncc2)c1. The Morgan fingerprint density at radius 3 is 2.48 bits per heavy atom. The Morgan fingerprint density at radius 2 is 1.86 bits per heavy atom. The van der Waals surface area contributed by atoms with Crippen LogP contribution in [0.5, 0.6) is 0 Å². The summed E-state index contributed by atoms with van der Waals surface area (Å²) in [6.07, 6.45) is 2.96. The maximum absolute atomic E-state index is 12.4. The van der Waals surface area contributed by atoms with Crippen molar-refractivity contribution in [2.24, 2.45) is 0 Å². The Kier molecular flexibility index (Phi) is 4.23. The van der Waals surface area contributed by atoms with Crippen LogP contribution in [0.4, 0.5) is 5.69 Å². The quantitative estimate of drug-likeness (QED) is 0.873. The number of sulfonamides is 1. The van der Waals surface area contributed by atoms with Gasteiger partial charge in [0.25, 0.3) is 10.0 Å². The molecule has 110 valence electrons. The van der Waals surface area contributed by atoms with E-state index in [1.165, 1.54) is 43.8 Å². The van der Waals surface area contributed by atoms with Crippen molar-refractivity contribution < 1.29 is 17.9 Å². The molecule has 0 amide bonds. The van der Waals surface area contributed by atoms with Gasteiger partial charge in [0, 0.05) is 12.4 Å². The summed E-state index contributed by atoms with van der Waals surface area (Å²) in [4.78, 5) is 15.4. The zero-order valence-corrected chi connectivity index (χ0v) is 12.3. The molecule has 21 heavy (non-hydrogen) atoms. The minimum Gasteiger partial charge on any atom is -0.465 e. The highest BCUT2D eigenvalue weighted by Gasteiger charge is 2.19. The molecule has 0 unspecified atom stereocenters. The van der Waals surface area contributed by atoms with Crippen molar-refractivity contribution in [2.45, 2.75) is 11.8 Å². The van der Waals surface area contributed by atoms with Gasteiger partial charge in [0.1, 0.15) is 0 Å². The molecule has 6 nitrogen and oxygen atoms in total. The molecule has 2 aromatic rings. The van der Waals surface area contributed by atoms with Crippen LogP contribution in [0.1, 0.15) is 15.9 Å². The summed E-state index contributed by atoms with van der Waals surface area (Å²) in [5.41, 5.74) is 1.11. The number of anilines is 1. The van der Waals surface area contributed by atoms with E-state index in [2.05, 4.69) is 14.4 Å². The molecule has 1 aromatic heterocycles. The van der Waals surface area contributed by atoms with Crippen molar-refractivity contribution in [3.8, 4) is 0 Å². The summed E-state index contributed by atoms with van der Waals surface area (Å²) >= 11 is 0. The number of esters is 1. The van der Waals surface area contributed by atoms with Gasteiger partial charge in [-0.05, 0) is 36.8 Å². The predicted octanol–water partition coefficient (Wildman–Crippen LogP) is 1.98. The third-order valence-electron chi connectivity index (χ3n) is 2.83. The van der Waals surface area contributed by atoms with E-state index < -0.39 is 16.0 Å². The molecule has 0 spiro atoms. The van der Waals surface area contributed by atoms with Crippen molar-refractivity contribution in [2.75, 3.05) is 11.8 Å². The summed E-state index contributed by atoms with van der Waals surface area (Å²) in [5, 5.41) is 0. The van der Waals surface area contributed by atoms with Crippen LogP contribution in [0.15, 0.2) is 47.6 Å². The van der Waals surface area contributed by atoms with Gasteiger partial charge in [-0.15, -0.1) is 0 Å². The third-order valence-corrected chi connectivity index (χ3v) is 4.35. The molecule has 0 aliphatic carbocycles. The lowest BCUT2D eigenvalue weighted by atomic mass is 10.1. The molecule has 1 aromatic carbocycles. The number of ether oxygens (including phenoxy) is 1. The van der Waals surface area contributed by atoms with Gasteiger partial charge in [0.2, 0.25) is 0 Å². The van der Waals surface area contributed by atoms with Gasteiger partial charge in [-0.1, -0.05) is 6.07 Å². The van der Waals surface area contributed by atoms with Gasteiger partial charge in [0.15, 0.2) is 0 Å². The second-order valence-corrected chi connectivity index (χ2v) is 5.96. The van der Waals surface area contributed by atoms with Gasteiger partial charge in [-0.3, -0.25) is 9.71 Å². The third kappa shape index (κ3) is 3.38. The smallest absolute Gasteiger partial charge is 0.337 e. The number of aryl methyl sites for hydroxylation is 1. The molecule has 1 heterocycles. The van der Waals surface area contributed by atoms with Crippen molar-refractivity contribution in [1.82, 2.24) is 4.98 Å². The van der Waals surface area contributed by atoms with E-state index in [4.69, 9.17) is 0 Å². The number of methoxy groups -OCH3 is 1. The maximum Gasteiger partial charge on any atom is 0.337 e. The standard InChI is InChI=1S/C14H14N2O4S/c1-10-3-4-11(14(17)20-2)9-13(10)21(18,19)16-12-5-7-15-8-6-12/h3-9H,1-2H3,(H,15,16). The number of hydrogen-bond donors (Lipinski definition) is 1. The van der Waals surface area contributed by atoms with Crippen molar-refractivity contribution >= 4 is 21.7 Å². The van der Waals surface area contributed by atoms with Crippen LogP contribution >= 0.6 is 0 Å². The van der Waals surface area contributed by atoms with Gasteiger partial charge in [0.05, 0.1) is 23.3 Å². The Labute approximate surface area is 122 Å². The van der Waals surface area contributed by atoms with Crippen molar-refractivity contribution in [3.05, 3.63) is 53.9 Å². The van der Waals surface area contributed by atoms with E-state index in [-0.39, 0.29) is 10.5 Å². The molecule has 0 aliphatic rings. The molecule has 1 N–H and O–H groups in total. The average molecular weight is 306 g/mol. The van der Waals surface area contributed by atoms with Crippen LogP contribution in [-0.2, 0) is 14.8 Å². The van der Waals surface area contributed by atoms with E-state index >= 15 is 0 Å². The lowest BCUT2D eigenvalue weighted by Gasteiger charge is -2.11. The minimum absolute atomic E-state index is 0.0298. The summed E-state index contributed by atoms with van der Waals surface area (Å²) in [5.74, 6) is -0.588. The number of pyridine rings is 1. The second kappa shape index (κ2) is 5.92. The molecular formula is C14H14N2O4S. The molecule has 0 aliphatic heterocycles. The number of carbonyl (C=O) groups excluding carboxylic acids is 1. The summed E-state index contributed by atoms with van der Waals surface area (Å²) in [6.45, 7) is 1.65. The lowest BCUT2D eigenvalue weighted by Crippen LogP contribution is -2.15. The molecule has 2 rings (SSSR count). The molecule has 0 saturated carbocycles. The Balaban J connectivity index is 2.42. The van der Waals surface area contributed by atoms with Crippen LogP contribution in [0, 0.1) is 6.92 Å². The number of rotatable bonds is 4. The fraction of sp³-hybridized carbons (Fsp3) is 0.143. The number of nitrogens with one attached hydrogen (secondary N) is 1. The number of carbonyl (C=O) groups is 1. The van der Waals surface area contributed by atoms with Crippen LogP contribution in [0.25, 0.3) is 0 Å². The molecule has 0 bridgehead atoms. The zero-order valence-electron chi connectivity index (χ0n) is 11.5. The first-order valence-electron chi connectivity index (χ1n) is 6.06. The van der Waals surface area contributed by atoms with E-state index in [0.717, 1.165) is 0 Å². The Bertz CT molecular complexity index is 758. The van der Waals surface area contributed by atoms with Crippen LogP contribution in [-0.4, -0.2) is 26.5 Å². The lowest BCUT2D eigenvalue weighted by molar-refractivity contribution is 0.0600. The molecule has 0 radical (unpaired) electrons.